The minimum absolute atomic E-state index is 0.310. The van der Waals surface area contributed by atoms with Gasteiger partial charge in [0.2, 0.25) is 0 Å². The van der Waals surface area contributed by atoms with Crippen molar-refractivity contribution in [1.29, 1.82) is 0 Å². The van der Waals surface area contributed by atoms with Crippen molar-refractivity contribution in [3.63, 3.8) is 0 Å². The van der Waals surface area contributed by atoms with Crippen molar-refractivity contribution in [3.05, 3.63) is 47.9 Å². The van der Waals surface area contributed by atoms with Crippen molar-refractivity contribution >= 4 is 0 Å². The first-order valence-corrected chi connectivity index (χ1v) is 4.86. The van der Waals surface area contributed by atoms with E-state index in [1.165, 1.54) is 12.3 Å². The van der Waals surface area contributed by atoms with Crippen LogP contribution in [0.15, 0.2) is 30.5 Å². The van der Waals surface area contributed by atoms with Gasteiger partial charge in [-0.3, -0.25) is 0 Å². The average Bonchev–Trinajstić information content (AvgIpc) is 2.28. The molecule has 0 N–H and O–H groups in total. The van der Waals surface area contributed by atoms with Gasteiger partial charge in [0.15, 0.2) is 0 Å². The summed E-state index contributed by atoms with van der Waals surface area (Å²) < 4.78 is 37.5. The highest BCUT2D eigenvalue weighted by atomic mass is 19.4. The first-order chi connectivity index (χ1) is 7.97. The van der Waals surface area contributed by atoms with Gasteiger partial charge in [-0.15, -0.1) is 0 Å². The van der Waals surface area contributed by atoms with Crippen molar-refractivity contribution in [2.75, 3.05) is 0 Å². The lowest BCUT2D eigenvalue weighted by Crippen LogP contribution is -2.04. The molecule has 0 unspecified atom stereocenters. The van der Waals surface area contributed by atoms with Crippen LogP contribution >= 0.6 is 0 Å². The average molecular weight is 237 g/mol. The molecule has 0 saturated carbocycles. The molecule has 87 valence electrons. The molecule has 0 aliphatic heterocycles. The molecule has 0 saturated heterocycles. The van der Waals surface area contributed by atoms with E-state index in [2.05, 4.69) is 16.0 Å². The maximum atomic E-state index is 12.5. The molecule has 0 spiro atoms. The summed E-state index contributed by atoms with van der Waals surface area (Å²) in [5.74, 6) is 0.508. The molecule has 5 heteroatoms. The summed E-state index contributed by atoms with van der Waals surface area (Å²) in [4.78, 5) is 7.95. The van der Waals surface area contributed by atoms with E-state index in [4.69, 9.17) is 0 Å². The van der Waals surface area contributed by atoms with E-state index in [-0.39, 0.29) is 0 Å². The fourth-order valence-electron chi connectivity index (χ4n) is 1.40. The fourth-order valence-corrected chi connectivity index (χ4v) is 1.40. The Hall–Kier alpha value is -1.91. The molecule has 0 bridgehead atoms. The van der Waals surface area contributed by atoms with Crippen molar-refractivity contribution < 1.29 is 13.2 Å². The quantitative estimate of drug-likeness (QED) is 0.760. The number of halogens is 3. The number of hydrogen-bond acceptors (Lipinski definition) is 2. The van der Waals surface area contributed by atoms with Gasteiger partial charge in [-0.2, -0.15) is 13.2 Å². The Morgan fingerprint density at radius 2 is 2.00 bits per heavy atom. The van der Waals surface area contributed by atoms with Crippen LogP contribution in [0.2, 0.25) is 0 Å². The second kappa shape index (κ2) is 4.16. The predicted molar refractivity (Wildman–Crippen MR) is 56.0 cm³/mol. The van der Waals surface area contributed by atoms with Gasteiger partial charge in [0.1, 0.15) is 5.82 Å². The Balaban J connectivity index is 2.47. The van der Waals surface area contributed by atoms with Crippen LogP contribution in [0.25, 0.3) is 11.3 Å². The minimum atomic E-state index is -4.36. The molecule has 1 aromatic heterocycles. The van der Waals surface area contributed by atoms with Crippen LogP contribution in [0.3, 0.4) is 0 Å². The van der Waals surface area contributed by atoms with Crippen LogP contribution in [0.4, 0.5) is 13.2 Å². The van der Waals surface area contributed by atoms with Crippen molar-refractivity contribution in [2.24, 2.45) is 0 Å². The normalized spacial score (nSPS) is 11.5. The fraction of sp³-hybridized carbons (Fsp3) is 0.167. The van der Waals surface area contributed by atoms with Gasteiger partial charge in [0.05, 0.1) is 11.3 Å². The molecule has 1 radical (unpaired) electrons. The maximum Gasteiger partial charge on any atom is 0.416 e. The number of rotatable bonds is 1. The molecular formula is C12H8F3N2. The predicted octanol–water partition coefficient (Wildman–Crippen LogP) is 3.27. The molecule has 0 fully saturated rings. The number of alkyl halides is 3. The molecule has 0 aliphatic rings. The lowest BCUT2D eigenvalue weighted by atomic mass is 10.1. The van der Waals surface area contributed by atoms with Gasteiger partial charge in [0, 0.05) is 11.8 Å². The number of nitrogens with zero attached hydrogens (tertiary/aromatic N) is 2. The third kappa shape index (κ3) is 2.61. The van der Waals surface area contributed by atoms with Crippen LogP contribution < -0.4 is 0 Å². The van der Waals surface area contributed by atoms with Crippen LogP contribution in [0.1, 0.15) is 11.4 Å². The second-order valence-electron chi connectivity index (χ2n) is 3.48. The monoisotopic (exact) mass is 237 g/mol. The largest absolute Gasteiger partial charge is 0.416 e. The molecule has 0 aliphatic carbocycles. The highest BCUT2D eigenvalue weighted by Crippen LogP contribution is 2.31. The molecule has 17 heavy (non-hydrogen) atoms. The first-order valence-electron chi connectivity index (χ1n) is 4.86. The molecule has 1 aromatic carbocycles. The number of aryl methyl sites for hydroxylation is 1. The smallest absolute Gasteiger partial charge is 0.242 e. The third-order valence-corrected chi connectivity index (χ3v) is 2.18. The summed E-state index contributed by atoms with van der Waals surface area (Å²) in [5, 5.41) is 0. The summed E-state index contributed by atoms with van der Waals surface area (Å²) in [6.07, 6.45) is -2.85. The van der Waals surface area contributed by atoms with Crippen LogP contribution in [-0.2, 0) is 6.18 Å². The van der Waals surface area contributed by atoms with E-state index in [9.17, 15) is 13.2 Å². The van der Waals surface area contributed by atoms with Crippen LogP contribution in [-0.4, -0.2) is 9.97 Å². The van der Waals surface area contributed by atoms with Crippen LogP contribution in [0.5, 0.6) is 0 Å². The SMILES string of the molecule is Cc1nccc(-c2[c]ccc(C(F)(F)F)c2)n1. The second-order valence-corrected chi connectivity index (χ2v) is 3.48. The summed E-state index contributed by atoms with van der Waals surface area (Å²) in [6, 6.07) is 7.55. The Labute approximate surface area is 96.2 Å². The van der Waals surface area contributed by atoms with Crippen molar-refractivity contribution in [3.8, 4) is 11.3 Å². The topological polar surface area (TPSA) is 25.8 Å². The molecule has 1 heterocycles. The zero-order valence-corrected chi connectivity index (χ0v) is 8.92. The molecule has 2 rings (SSSR count). The minimum Gasteiger partial charge on any atom is -0.242 e. The Morgan fingerprint density at radius 1 is 1.24 bits per heavy atom. The Bertz CT molecular complexity index is 535. The highest BCUT2D eigenvalue weighted by Gasteiger charge is 2.30. The van der Waals surface area contributed by atoms with E-state index >= 15 is 0 Å². The number of hydrogen-bond donors (Lipinski definition) is 0. The Kier molecular flexibility index (Phi) is 2.83. The van der Waals surface area contributed by atoms with Gasteiger partial charge in [-0.25, -0.2) is 9.97 Å². The zero-order chi connectivity index (χ0) is 12.5. The molecule has 0 amide bonds. The van der Waals surface area contributed by atoms with E-state index in [0.717, 1.165) is 12.1 Å². The maximum absolute atomic E-state index is 12.5. The highest BCUT2D eigenvalue weighted by molar-refractivity contribution is 5.59. The number of benzene rings is 1. The summed E-state index contributed by atoms with van der Waals surface area (Å²) in [6.45, 7) is 1.68. The lowest BCUT2D eigenvalue weighted by Gasteiger charge is -2.08. The van der Waals surface area contributed by atoms with Gasteiger partial charge in [-0.1, -0.05) is 6.07 Å². The third-order valence-electron chi connectivity index (χ3n) is 2.18. The van der Waals surface area contributed by atoms with Crippen LogP contribution in [0, 0.1) is 13.0 Å². The molecule has 2 aromatic rings. The molecule has 2 nitrogen and oxygen atoms in total. The zero-order valence-electron chi connectivity index (χ0n) is 8.92. The molecular weight excluding hydrogens is 229 g/mol. The van der Waals surface area contributed by atoms with Crippen molar-refractivity contribution in [2.45, 2.75) is 13.1 Å². The molecule has 0 atom stereocenters. The lowest BCUT2D eigenvalue weighted by molar-refractivity contribution is -0.137. The van der Waals surface area contributed by atoms with E-state index in [0.29, 0.717) is 17.1 Å². The van der Waals surface area contributed by atoms with Crippen molar-refractivity contribution in [1.82, 2.24) is 9.97 Å². The van der Waals surface area contributed by atoms with Gasteiger partial charge < -0.3 is 0 Å². The van der Waals surface area contributed by atoms with Gasteiger partial charge in [0.25, 0.3) is 0 Å². The Morgan fingerprint density at radius 3 is 2.65 bits per heavy atom. The summed E-state index contributed by atoms with van der Waals surface area (Å²) >= 11 is 0. The van der Waals surface area contributed by atoms with E-state index in [1.807, 2.05) is 0 Å². The van der Waals surface area contributed by atoms with Gasteiger partial charge in [-0.05, 0) is 31.2 Å². The summed E-state index contributed by atoms with van der Waals surface area (Å²) in [7, 11) is 0. The summed E-state index contributed by atoms with van der Waals surface area (Å²) in [5.41, 5.74) is 0.0384. The van der Waals surface area contributed by atoms with E-state index in [1.54, 1.807) is 13.0 Å². The van der Waals surface area contributed by atoms with Gasteiger partial charge >= 0.3 is 6.18 Å². The number of aromatic nitrogens is 2. The first kappa shape index (κ1) is 11.6. The standard InChI is InChI=1S/C12H8F3N2/c1-8-16-6-5-11(17-8)9-3-2-4-10(7-9)12(13,14)15/h2,4-7H,1H3. The van der Waals surface area contributed by atoms with E-state index < -0.39 is 11.7 Å².